The van der Waals surface area contributed by atoms with Gasteiger partial charge in [0.2, 0.25) is 0 Å². The Morgan fingerprint density at radius 1 is 1.24 bits per heavy atom. The lowest BCUT2D eigenvalue weighted by Gasteiger charge is -2.27. The maximum absolute atomic E-state index is 12.2. The van der Waals surface area contributed by atoms with E-state index < -0.39 is 16.1 Å². The monoisotopic (exact) mass is 372 g/mol. The van der Waals surface area contributed by atoms with Gasteiger partial charge in [-0.15, -0.1) is 0 Å². The van der Waals surface area contributed by atoms with Crippen molar-refractivity contribution in [3.8, 4) is 5.75 Å². The number of methoxy groups -OCH3 is 1. The van der Waals surface area contributed by atoms with Gasteiger partial charge in [0.25, 0.3) is 5.84 Å². The van der Waals surface area contributed by atoms with Crippen LogP contribution in [0.4, 0.5) is 0 Å². The highest BCUT2D eigenvalue weighted by atomic mass is 32.2. The van der Waals surface area contributed by atoms with E-state index in [0.717, 1.165) is 0 Å². The Morgan fingerprint density at radius 3 is 2.44 bits per heavy atom. The lowest BCUT2D eigenvalue weighted by atomic mass is 10.3. The third kappa shape index (κ3) is 5.07. The molecular formula is C15H20N2O7S. The van der Waals surface area contributed by atoms with E-state index in [1.807, 2.05) is 0 Å². The number of carbonyl (C=O) groups excluding carboxylic acids is 1. The number of ether oxygens (including phenoxy) is 3. The van der Waals surface area contributed by atoms with Crippen LogP contribution in [-0.4, -0.2) is 65.1 Å². The molecule has 0 aromatic heterocycles. The largest absolute Gasteiger partial charge is 0.497 e. The summed E-state index contributed by atoms with van der Waals surface area (Å²) in [7, 11) is -2.71. The molecule has 1 aromatic carbocycles. The van der Waals surface area contributed by atoms with E-state index in [0.29, 0.717) is 32.1 Å². The van der Waals surface area contributed by atoms with Gasteiger partial charge in [-0.1, -0.05) is 0 Å². The topological polar surface area (TPSA) is 104 Å². The van der Waals surface area contributed by atoms with Gasteiger partial charge in [-0.25, -0.2) is 4.79 Å². The van der Waals surface area contributed by atoms with E-state index in [1.54, 1.807) is 11.8 Å². The smallest absolute Gasteiger partial charge is 0.377 e. The minimum Gasteiger partial charge on any atom is -0.497 e. The van der Waals surface area contributed by atoms with Crippen LogP contribution in [-0.2, 0) is 28.7 Å². The van der Waals surface area contributed by atoms with Gasteiger partial charge in [-0.05, 0) is 36.3 Å². The van der Waals surface area contributed by atoms with Crippen LogP contribution in [0.5, 0.6) is 5.75 Å². The second-order valence-corrected chi connectivity index (χ2v) is 6.47. The molecule has 0 saturated carbocycles. The average molecular weight is 372 g/mol. The van der Waals surface area contributed by atoms with Crippen molar-refractivity contribution in [2.45, 2.75) is 11.8 Å². The first-order chi connectivity index (χ1) is 12.0. The summed E-state index contributed by atoms with van der Waals surface area (Å²) in [5, 5.41) is 3.55. The van der Waals surface area contributed by atoms with Crippen molar-refractivity contribution in [2.24, 2.45) is 5.16 Å². The Hall–Kier alpha value is -2.33. The van der Waals surface area contributed by atoms with Crippen molar-refractivity contribution in [1.82, 2.24) is 4.90 Å². The molecule has 0 aliphatic carbocycles. The number of hydrogen-bond donors (Lipinski definition) is 0. The second-order valence-electron chi connectivity index (χ2n) is 4.94. The summed E-state index contributed by atoms with van der Waals surface area (Å²) in [6.07, 6.45) is 0. The molecule has 10 heteroatoms. The molecule has 1 aromatic rings. The highest BCUT2D eigenvalue weighted by molar-refractivity contribution is 7.86. The summed E-state index contributed by atoms with van der Waals surface area (Å²) >= 11 is 0. The molecule has 25 heavy (non-hydrogen) atoms. The van der Waals surface area contributed by atoms with Gasteiger partial charge >= 0.3 is 16.1 Å². The molecule has 0 bridgehead atoms. The van der Waals surface area contributed by atoms with E-state index in [4.69, 9.17) is 18.5 Å². The average Bonchev–Trinajstić information content (AvgIpc) is 2.63. The highest BCUT2D eigenvalue weighted by Crippen LogP contribution is 2.18. The molecule has 1 fully saturated rings. The SMILES string of the molecule is CCOC(=O)C(=NOS(=O)(=O)c1ccc(OC)cc1)N1CCOCC1. The minimum atomic E-state index is -4.18. The third-order valence-corrected chi connectivity index (χ3v) is 4.46. The van der Waals surface area contributed by atoms with Crippen LogP contribution in [0.2, 0.25) is 0 Å². The van der Waals surface area contributed by atoms with Gasteiger partial charge in [0.1, 0.15) is 10.6 Å². The molecular weight excluding hydrogens is 352 g/mol. The molecule has 0 radical (unpaired) electrons. The van der Waals surface area contributed by atoms with E-state index in [-0.39, 0.29) is 17.3 Å². The number of morpholine rings is 1. The van der Waals surface area contributed by atoms with Crippen molar-refractivity contribution in [3.63, 3.8) is 0 Å². The predicted octanol–water partition coefficient (Wildman–Crippen LogP) is 0.609. The maximum atomic E-state index is 12.2. The van der Waals surface area contributed by atoms with Crippen molar-refractivity contribution in [3.05, 3.63) is 24.3 Å². The first-order valence-electron chi connectivity index (χ1n) is 7.63. The van der Waals surface area contributed by atoms with Crippen molar-refractivity contribution >= 4 is 21.9 Å². The Kier molecular flexibility index (Phi) is 6.59. The molecule has 1 heterocycles. The van der Waals surface area contributed by atoms with Gasteiger partial charge in [-0.3, -0.25) is 4.28 Å². The summed E-state index contributed by atoms with van der Waals surface area (Å²) in [5.41, 5.74) is 0. The van der Waals surface area contributed by atoms with Crippen LogP contribution in [0.3, 0.4) is 0 Å². The quantitative estimate of drug-likeness (QED) is 0.320. The zero-order chi connectivity index (χ0) is 18.3. The zero-order valence-corrected chi connectivity index (χ0v) is 14.8. The number of rotatable bonds is 5. The van der Waals surface area contributed by atoms with Gasteiger partial charge < -0.3 is 19.1 Å². The van der Waals surface area contributed by atoms with Crippen LogP contribution < -0.4 is 4.74 Å². The fourth-order valence-corrected chi connectivity index (χ4v) is 2.79. The molecule has 0 atom stereocenters. The molecule has 0 N–H and O–H groups in total. The summed E-state index contributed by atoms with van der Waals surface area (Å²) in [6, 6.07) is 5.60. The van der Waals surface area contributed by atoms with Gasteiger partial charge in [0, 0.05) is 13.1 Å². The summed E-state index contributed by atoms with van der Waals surface area (Å²) < 4.78 is 44.3. The number of hydrogen-bond acceptors (Lipinski definition) is 8. The second kappa shape index (κ2) is 8.67. The van der Waals surface area contributed by atoms with Gasteiger partial charge in [-0.2, -0.15) is 8.42 Å². The first kappa shape index (κ1) is 19.0. The third-order valence-electron chi connectivity index (χ3n) is 3.34. The first-order valence-corrected chi connectivity index (χ1v) is 9.04. The van der Waals surface area contributed by atoms with Crippen molar-refractivity contribution in [1.29, 1.82) is 0 Å². The molecule has 1 saturated heterocycles. The van der Waals surface area contributed by atoms with Crippen LogP contribution in [0, 0.1) is 0 Å². The molecule has 1 aliphatic rings. The fourth-order valence-electron chi connectivity index (χ4n) is 2.06. The fraction of sp³-hybridized carbons (Fsp3) is 0.467. The number of esters is 1. The molecule has 1 aliphatic heterocycles. The van der Waals surface area contributed by atoms with Gasteiger partial charge in [0.15, 0.2) is 0 Å². The molecule has 0 amide bonds. The van der Waals surface area contributed by atoms with Crippen LogP contribution >= 0.6 is 0 Å². The lowest BCUT2D eigenvalue weighted by Crippen LogP contribution is -2.45. The Bertz CT molecular complexity index is 710. The summed E-state index contributed by atoms with van der Waals surface area (Å²) in [6.45, 7) is 3.32. The molecule has 0 spiro atoms. The van der Waals surface area contributed by atoms with Crippen LogP contribution in [0.15, 0.2) is 34.3 Å². The van der Waals surface area contributed by atoms with E-state index in [2.05, 4.69) is 5.16 Å². The Balaban J connectivity index is 2.20. The number of nitrogens with zero attached hydrogens (tertiary/aromatic N) is 2. The normalized spacial score (nSPS) is 15.6. The number of benzene rings is 1. The standard InChI is InChI=1S/C15H20N2O7S/c1-3-23-15(18)14(17-8-10-22-11-9-17)16-24-25(19,20)13-6-4-12(21-2)5-7-13/h4-7H,3,8-11H2,1-2H3. The summed E-state index contributed by atoms with van der Waals surface area (Å²) in [4.78, 5) is 13.5. The van der Waals surface area contributed by atoms with Gasteiger partial charge in [0.05, 0.1) is 26.9 Å². The Morgan fingerprint density at radius 2 is 1.88 bits per heavy atom. The van der Waals surface area contributed by atoms with E-state index >= 15 is 0 Å². The predicted molar refractivity (Wildman–Crippen MR) is 87.7 cm³/mol. The van der Waals surface area contributed by atoms with Crippen molar-refractivity contribution in [2.75, 3.05) is 40.0 Å². The Labute approximate surface area is 146 Å². The number of carbonyl (C=O) groups is 1. The van der Waals surface area contributed by atoms with Crippen LogP contribution in [0.25, 0.3) is 0 Å². The van der Waals surface area contributed by atoms with E-state index in [9.17, 15) is 13.2 Å². The summed E-state index contributed by atoms with van der Waals surface area (Å²) in [5.74, 6) is -0.459. The lowest BCUT2D eigenvalue weighted by molar-refractivity contribution is -0.136. The molecule has 0 unspecified atom stereocenters. The zero-order valence-electron chi connectivity index (χ0n) is 14.0. The molecule has 9 nitrogen and oxygen atoms in total. The maximum Gasteiger partial charge on any atom is 0.377 e. The van der Waals surface area contributed by atoms with Crippen molar-refractivity contribution < 1.29 is 31.7 Å². The number of oxime groups is 1. The highest BCUT2D eigenvalue weighted by Gasteiger charge is 2.26. The number of amidine groups is 1. The van der Waals surface area contributed by atoms with E-state index in [1.165, 1.54) is 31.4 Å². The molecule has 138 valence electrons. The molecule has 2 rings (SSSR count). The minimum absolute atomic E-state index is 0.109. The van der Waals surface area contributed by atoms with Crippen LogP contribution in [0.1, 0.15) is 6.92 Å².